The maximum Gasteiger partial charge on any atom is 0.200 e. The van der Waals surface area contributed by atoms with Crippen molar-refractivity contribution in [3.8, 4) is 17.2 Å². The standard InChI is InChI=1S/C24H34N4O3/c1-4-25-24(26-16-18-14-21(30-2)23(29)22(15-18)31-3)27-17-20(28-12-8-9-13-28)19-10-6-5-7-11-19/h5-7,10-11,14-15,20,29H,4,8-9,12-13,16-17H2,1-3H3,(H2,25,26,27). The van der Waals surface area contributed by atoms with Gasteiger partial charge in [-0.1, -0.05) is 30.3 Å². The number of likely N-dealkylation sites (tertiary alicyclic amines) is 1. The molecule has 1 fully saturated rings. The quantitative estimate of drug-likeness (QED) is 0.422. The Bertz CT molecular complexity index is 826. The van der Waals surface area contributed by atoms with Crippen molar-refractivity contribution >= 4 is 5.96 Å². The van der Waals surface area contributed by atoms with Gasteiger partial charge in [0, 0.05) is 13.1 Å². The number of hydrogen-bond acceptors (Lipinski definition) is 5. The monoisotopic (exact) mass is 426 g/mol. The van der Waals surface area contributed by atoms with E-state index >= 15 is 0 Å². The van der Waals surface area contributed by atoms with Gasteiger partial charge in [-0.25, -0.2) is 4.99 Å². The van der Waals surface area contributed by atoms with Gasteiger partial charge in [-0.15, -0.1) is 0 Å². The molecule has 3 rings (SSSR count). The Kier molecular flexibility index (Phi) is 8.41. The fourth-order valence-electron chi connectivity index (χ4n) is 3.93. The smallest absolute Gasteiger partial charge is 0.200 e. The Morgan fingerprint density at radius 1 is 1.06 bits per heavy atom. The van der Waals surface area contributed by atoms with E-state index in [-0.39, 0.29) is 5.75 Å². The molecular weight excluding hydrogens is 392 g/mol. The average Bonchev–Trinajstić information content (AvgIpc) is 3.33. The van der Waals surface area contributed by atoms with Crippen LogP contribution in [-0.2, 0) is 6.54 Å². The van der Waals surface area contributed by atoms with Crippen molar-refractivity contribution in [3.63, 3.8) is 0 Å². The van der Waals surface area contributed by atoms with E-state index in [1.165, 1.54) is 32.6 Å². The van der Waals surface area contributed by atoms with Gasteiger partial charge in [0.15, 0.2) is 17.5 Å². The Labute approximate surface area is 185 Å². The van der Waals surface area contributed by atoms with Crippen LogP contribution in [0.3, 0.4) is 0 Å². The predicted molar refractivity (Wildman–Crippen MR) is 124 cm³/mol. The first-order valence-electron chi connectivity index (χ1n) is 10.9. The van der Waals surface area contributed by atoms with Crippen molar-refractivity contribution in [2.75, 3.05) is 40.4 Å². The van der Waals surface area contributed by atoms with Crippen molar-refractivity contribution in [1.82, 2.24) is 15.5 Å². The van der Waals surface area contributed by atoms with Crippen LogP contribution < -0.4 is 20.1 Å². The van der Waals surface area contributed by atoms with Crippen LogP contribution in [0, 0.1) is 0 Å². The van der Waals surface area contributed by atoms with Crippen LogP contribution in [0.5, 0.6) is 17.2 Å². The molecule has 7 nitrogen and oxygen atoms in total. The second-order valence-electron chi connectivity index (χ2n) is 7.59. The number of rotatable bonds is 9. The molecule has 31 heavy (non-hydrogen) atoms. The van der Waals surface area contributed by atoms with E-state index in [1.54, 1.807) is 12.1 Å². The fourth-order valence-corrected chi connectivity index (χ4v) is 3.93. The topological polar surface area (TPSA) is 78.4 Å². The molecule has 7 heteroatoms. The number of guanidine groups is 1. The number of benzene rings is 2. The van der Waals surface area contributed by atoms with Crippen LogP contribution in [0.15, 0.2) is 47.5 Å². The van der Waals surface area contributed by atoms with Crippen LogP contribution in [-0.4, -0.2) is 56.4 Å². The van der Waals surface area contributed by atoms with Crippen LogP contribution >= 0.6 is 0 Å². The molecule has 0 aromatic heterocycles. The highest BCUT2D eigenvalue weighted by Crippen LogP contribution is 2.37. The summed E-state index contributed by atoms with van der Waals surface area (Å²) in [6.45, 7) is 6.29. The molecule has 1 atom stereocenters. The fraction of sp³-hybridized carbons (Fsp3) is 0.458. The van der Waals surface area contributed by atoms with Crippen molar-refractivity contribution in [1.29, 1.82) is 0 Å². The maximum absolute atomic E-state index is 10.1. The summed E-state index contributed by atoms with van der Waals surface area (Å²) in [5.41, 5.74) is 2.21. The van der Waals surface area contributed by atoms with E-state index in [4.69, 9.17) is 14.5 Å². The first-order chi connectivity index (χ1) is 15.2. The van der Waals surface area contributed by atoms with Gasteiger partial charge in [0.2, 0.25) is 5.75 Å². The van der Waals surface area contributed by atoms with Gasteiger partial charge in [0.05, 0.1) is 26.8 Å². The van der Waals surface area contributed by atoms with E-state index in [9.17, 15) is 5.11 Å². The molecule has 1 unspecified atom stereocenters. The molecule has 1 aliphatic heterocycles. The molecule has 3 N–H and O–H groups in total. The minimum absolute atomic E-state index is 0.000854. The normalized spacial score (nSPS) is 15.5. The number of nitrogens with zero attached hydrogens (tertiary/aromatic N) is 2. The molecule has 168 valence electrons. The number of aliphatic imine (C=N–C) groups is 1. The zero-order valence-corrected chi connectivity index (χ0v) is 18.7. The van der Waals surface area contributed by atoms with Crippen LogP contribution in [0.1, 0.15) is 36.9 Å². The number of phenolic OH excluding ortho intramolecular Hbond substituents is 1. The van der Waals surface area contributed by atoms with Gasteiger partial charge in [0.1, 0.15) is 0 Å². The summed E-state index contributed by atoms with van der Waals surface area (Å²) in [6, 6.07) is 14.5. The first kappa shape index (κ1) is 22.7. The van der Waals surface area contributed by atoms with Gasteiger partial charge < -0.3 is 25.2 Å². The summed E-state index contributed by atoms with van der Waals surface area (Å²) in [4.78, 5) is 7.28. The Hall–Kier alpha value is -2.93. The van der Waals surface area contributed by atoms with E-state index in [0.29, 0.717) is 24.1 Å². The molecule has 1 heterocycles. The van der Waals surface area contributed by atoms with Crippen molar-refractivity contribution in [2.45, 2.75) is 32.4 Å². The van der Waals surface area contributed by atoms with Crippen molar-refractivity contribution < 1.29 is 14.6 Å². The third kappa shape index (κ3) is 6.04. The zero-order chi connectivity index (χ0) is 22.1. The van der Waals surface area contributed by atoms with Gasteiger partial charge in [-0.05, 0) is 56.1 Å². The Morgan fingerprint density at radius 3 is 2.29 bits per heavy atom. The van der Waals surface area contributed by atoms with Gasteiger partial charge in [0.25, 0.3) is 0 Å². The van der Waals surface area contributed by atoms with E-state index in [1.807, 2.05) is 0 Å². The van der Waals surface area contributed by atoms with Gasteiger partial charge >= 0.3 is 0 Å². The first-order valence-corrected chi connectivity index (χ1v) is 10.9. The Morgan fingerprint density at radius 2 is 1.71 bits per heavy atom. The number of phenols is 1. The minimum Gasteiger partial charge on any atom is -0.502 e. The molecule has 2 aromatic carbocycles. The predicted octanol–water partition coefficient (Wildman–Crippen LogP) is 3.30. The summed E-state index contributed by atoms with van der Waals surface area (Å²) < 4.78 is 10.5. The van der Waals surface area contributed by atoms with E-state index in [0.717, 1.165) is 37.7 Å². The highest BCUT2D eigenvalue weighted by molar-refractivity contribution is 5.79. The number of aromatic hydroxyl groups is 1. The number of methoxy groups -OCH3 is 2. The van der Waals surface area contributed by atoms with Crippen LogP contribution in [0.4, 0.5) is 0 Å². The summed E-state index contributed by atoms with van der Waals surface area (Å²) >= 11 is 0. The lowest BCUT2D eigenvalue weighted by Gasteiger charge is -2.29. The molecule has 0 aliphatic carbocycles. The number of hydrogen-bond donors (Lipinski definition) is 3. The second-order valence-corrected chi connectivity index (χ2v) is 7.59. The number of ether oxygens (including phenoxy) is 2. The summed E-state index contributed by atoms with van der Waals surface area (Å²) in [5, 5.41) is 17.0. The van der Waals surface area contributed by atoms with Gasteiger partial charge in [-0.3, -0.25) is 4.90 Å². The zero-order valence-electron chi connectivity index (χ0n) is 18.7. The molecule has 0 saturated carbocycles. The molecule has 0 spiro atoms. The minimum atomic E-state index is -0.000854. The third-order valence-corrected chi connectivity index (χ3v) is 5.53. The summed E-state index contributed by atoms with van der Waals surface area (Å²) in [7, 11) is 3.05. The Balaban J connectivity index is 1.73. The van der Waals surface area contributed by atoms with Crippen molar-refractivity contribution in [3.05, 3.63) is 53.6 Å². The molecule has 0 radical (unpaired) electrons. The molecule has 2 aromatic rings. The largest absolute Gasteiger partial charge is 0.502 e. The molecular formula is C24H34N4O3. The van der Waals surface area contributed by atoms with E-state index < -0.39 is 0 Å². The molecule has 1 saturated heterocycles. The molecule has 0 amide bonds. The number of nitrogens with one attached hydrogen (secondary N) is 2. The molecule has 1 aliphatic rings. The lowest BCUT2D eigenvalue weighted by atomic mass is 10.1. The van der Waals surface area contributed by atoms with Gasteiger partial charge in [-0.2, -0.15) is 0 Å². The summed E-state index contributed by atoms with van der Waals surface area (Å²) in [6.07, 6.45) is 2.50. The summed E-state index contributed by atoms with van der Waals surface area (Å²) in [5.74, 6) is 1.51. The molecule has 0 bridgehead atoms. The third-order valence-electron chi connectivity index (χ3n) is 5.53. The van der Waals surface area contributed by atoms with E-state index in [2.05, 4.69) is 52.8 Å². The SMILES string of the molecule is CCNC(=NCc1cc(OC)c(O)c(OC)c1)NCC(c1ccccc1)N1CCCC1. The van der Waals surface area contributed by atoms with Crippen LogP contribution in [0.25, 0.3) is 0 Å². The van der Waals surface area contributed by atoms with Crippen molar-refractivity contribution in [2.24, 2.45) is 4.99 Å². The van der Waals surface area contributed by atoms with Crippen LogP contribution in [0.2, 0.25) is 0 Å². The average molecular weight is 427 g/mol. The maximum atomic E-state index is 10.1. The lowest BCUT2D eigenvalue weighted by molar-refractivity contribution is 0.245. The lowest BCUT2D eigenvalue weighted by Crippen LogP contribution is -2.42. The highest BCUT2D eigenvalue weighted by Gasteiger charge is 2.23. The highest BCUT2D eigenvalue weighted by atomic mass is 16.5. The second kappa shape index (κ2) is 11.5.